The van der Waals surface area contributed by atoms with Crippen LogP contribution in [0, 0.1) is 13.8 Å². The molecule has 0 spiro atoms. The molecule has 0 aliphatic carbocycles. The fraction of sp³-hybridized carbons (Fsp3) is 0.364. The van der Waals surface area contributed by atoms with Crippen molar-refractivity contribution in [1.82, 2.24) is 0 Å². The predicted molar refractivity (Wildman–Crippen MR) is 57.3 cm³/mol. The number of nitrogens with two attached hydrogens (primary N) is 1. The van der Waals surface area contributed by atoms with Gasteiger partial charge in [-0.3, -0.25) is 0 Å². The molecule has 1 aromatic carbocycles. The maximum Gasteiger partial charge on any atom is 0.153 e. The summed E-state index contributed by atoms with van der Waals surface area (Å²) in [5, 5.41) is 0. The van der Waals surface area contributed by atoms with Crippen LogP contribution in [0.15, 0.2) is 17.1 Å². The van der Waals surface area contributed by atoms with E-state index >= 15 is 0 Å². The van der Waals surface area contributed by atoms with Crippen molar-refractivity contribution in [3.05, 3.63) is 23.3 Å². The first-order valence-corrected chi connectivity index (χ1v) is 4.70. The summed E-state index contributed by atoms with van der Waals surface area (Å²) in [6.45, 7) is 6.02. The molecule has 0 radical (unpaired) electrons. The number of rotatable bonds is 0. The Balaban J connectivity index is 2.55. The van der Waals surface area contributed by atoms with Crippen LogP contribution in [-0.2, 0) is 0 Å². The molecule has 14 heavy (non-hydrogen) atoms. The van der Waals surface area contributed by atoms with Crippen molar-refractivity contribution in [2.45, 2.75) is 26.9 Å². The lowest BCUT2D eigenvalue weighted by molar-refractivity contribution is 0.281. The van der Waals surface area contributed by atoms with Gasteiger partial charge in [0.25, 0.3) is 0 Å². The second-order valence-corrected chi connectivity index (χ2v) is 3.70. The van der Waals surface area contributed by atoms with Crippen LogP contribution < -0.4 is 10.5 Å². The van der Waals surface area contributed by atoms with Gasteiger partial charge in [0.15, 0.2) is 6.10 Å². The number of hydrogen-bond donors (Lipinski definition) is 1. The molecule has 2 N–H and O–H groups in total. The van der Waals surface area contributed by atoms with Crippen molar-refractivity contribution in [3.8, 4) is 5.75 Å². The second kappa shape index (κ2) is 3.01. The van der Waals surface area contributed by atoms with Crippen LogP contribution in [0.1, 0.15) is 18.1 Å². The number of benzene rings is 1. The highest BCUT2D eigenvalue weighted by Gasteiger charge is 2.18. The Hall–Kier alpha value is -1.51. The van der Waals surface area contributed by atoms with E-state index in [4.69, 9.17) is 10.5 Å². The van der Waals surface area contributed by atoms with Crippen LogP contribution in [0.25, 0.3) is 0 Å². The summed E-state index contributed by atoms with van der Waals surface area (Å²) < 4.78 is 5.62. The monoisotopic (exact) mass is 190 g/mol. The van der Waals surface area contributed by atoms with Gasteiger partial charge in [-0.05, 0) is 44.0 Å². The first-order chi connectivity index (χ1) is 6.58. The molecule has 3 nitrogen and oxygen atoms in total. The third kappa shape index (κ3) is 1.35. The van der Waals surface area contributed by atoms with Gasteiger partial charge < -0.3 is 10.5 Å². The number of aliphatic imine (C=N–C) groups is 1. The molecule has 74 valence electrons. The third-order valence-electron chi connectivity index (χ3n) is 2.55. The van der Waals surface area contributed by atoms with Crippen LogP contribution >= 0.6 is 0 Å². The average molecular weight is 190 g/mol. The topological polar surface area (TPSA) is 47.6 Å². The zero-order valence-corrected chi connectivity index (χ0v) is 8.66. The fourth-order valence-corrected chi connectivity index (χ4v) is 1.44. The SMILES string of the molecule is Cc1cc2c(cc1C)OC(C)C(N)=N2. The maximum absolute atomic E-state index is 5.71. The fourth-order valence-electron chi connectivity index (χ4n) is 1.44. The Kier molecular flexibility index (Phi) is 1.95. The molecule has 0 amide bonds. The first-order valence-electron chi connectivity index (χ1n) is 4.70. The van der Waals surface area contributed by atoms with Gasteiger partial charge in [0.05, 0.1) is 0 Å². The molecular formula is C11H14N2O. The number of amidine groups is 1. The van der Waals surface area contributed by atoms with Gasteiger partial charge in [0.2, 0.25) is 0 Å². The van der Waals surface area contributed by atoms with E-state index in [2.05, 4.69) is 18.8 Å². The number of fused-ring (bicyclic) bond motifs is 1. The normalized spacial score (nSPS) is 19.6. The summed E-state index contributed by atoms with van der Waals surface area (Å²) in [5.41, 5.74) is 8.96. The van der Waals surface area contributed by atoms with E-state index in [9.17, 15) is 0 Å². The Morgan fingerprint density at radius 2 is 1.93 bits per heavy atom. The van der Waals surface area contributed by atoms with Crippen molar-refractivity contribution >= 4 is 11.5 Å². The minimum atomic E-state index is -0.121. The molecule has 1 unspecified atom stereocenters. The Labute approximate surface area is 83.6 Å². The minimum absolute atomic E-state index is 0.121. The van der Waals surface area contributed by atoms with E-state index in [1.54, 1.807) is 0 Å². The number of aryl methyl sites for hydroxylation is 2. The van der Waals surface area contributed by atoms with Crippen molar-refractivity contribution in [2.75, 3.05) is 0 Å². The Morgan fingerprint density at radius 3 is 2.64 bits per heavy atom. The summed E-state index contributed by atoms with van der Waals surface area (Å²) in [7, 11) is 0. The quantitative estimate of drug-likeness (QED) is 0.680. The molecule has 0 saturated carbocycles. The summed E-state index contributed by atoms with van der Waals surface area (Å²) in [6.07, 6.45) is -0.121. The van der Waals surface area contributed by atoms with E-state index < -0.39 is 0 Å². The highest BCUT2D eigenvalue weighted by molar-refractivity contribution is 5.89. The van der Waals surface area contributed by atoms with Gasteiger partial charge in [-0.1, -0.05) is 0 Å². The zero-order valence-electron chi connectivity index (χ0n) is 8.66. The van der Waals surface area contributed by atoms with Crippen molar-refractivity contribution < 1.29 is 4.74 Å². The molecule has 1 aromatic rings. The molecule has 1 heterocycles. The summed E-state index contributed by atoms with van der Waals surface area (Å²) in [4.78, 5) is 4.30. The summed E-state index contributed by atoms with van der Waals surface area (Å²) in [5.74, 6) is 1.37. The standard InChI is InChI=1S/C11H14N2O/c1-6-4-9-10(5-7(6)2)14-8(3)11(12)13-9/h4-5,8H,1-3H3,(H2,12,13). The molecule has 1 aliphatic rings. The molecule has 1 aliphatic heterocycles. The van der Waals surface area contributed by atoms with E-state index in [-0.39, 0.29) is 6.10 Å². The van der Waals surface area contributed by atoms with Gasteiger partial charge in [-0.25, -0.2) is 4.99 Å². The number of ether oxygens (including phenoxy) is 1. The number of nitrogens with zero attached hydrogens (tertiary/aromatic N) is 1. The smallest absolute Gasteiger partial charge is 0.153 e. The van der Waals surface area contributed by atoms with E-state index in [0.29, 0.717) is 5.84 Å². The van der Waals surface area contributed by atoms with Crippen LogP contribution in [0.4, 0.5) is 5.69 Å². The summed E-state index contributed by atoms with van der Waals surface area (Å²) >= 11 is 0. The van der Waals surface area contributed by atoms with Gasteiger partial charge in [-0.15, -0.1) is 0 Å². The zero-order chi connectivity index (χ0) is 10.3. The molecule has 0 aromatic heterocycles. The average Bonchev–Trinajstić information content (AvgIpc) is 2.11. The van der Waals surface area contributed by atoms with E-state index in [1.165, 1.54) is 11.1 Å². The molecule has 3 heteroatoms. The highest BCUT2D eigenvalue weighted by Crippen LogP contribution is 2.34. The van der Waals surface area contributed by atoms with Gasteiger partial charge in [0, 0.05) is 0 Å². The van der Waals surface area contributed by atoms with Crippen LogP contribution in [0.5, 0.6) is 5.75 Å². The Bertz CT molecular complexity index is 410. The molecule has 1 atom stereocenters. The van der Waals surface area contributed by atoms with Crippen molar-refractivity contribution in [3.63, 3.8) is 0 Å². The lowest BCUT2D eigenvalue weighted by Gasteiger charge is -2.21. The van der Waals surface area contributed by atoms with Crippen molar-refractivity contribution in [1.29, 1.82) is 0 Å². The van der Waals surface area contributed by atoms with Crippen molar-refractivity contribution in [2.24, 2.45) is 10.7 Å². The largest absolute Gasteiger partial charge is 0.481 e. The van der Waals surface area contributed by atoms with Crippen LogP contribution in [0.3, 0.4) is 0 Å². The maximum atomic E-state index is 5.71. The molecule has 0 bridgehead atoms. The molecule has 2 rings (SSSR count). The van der Waals surface area contributed by atoms with Crippen LogP contribution in [0.2, 0.25) is 0 Å². The molecular weight excluding hydrogens is 176 g/mol. The Morgan fingerprint density at radius 1 is 1.29 bits per heavy atom. The summed E-state index contributed by atoms with van der Waals surface area (Å²) in [6, 6.07) is 4.01. The lowest BCUT2D eigenvalue weighted by Crippen LogP contribution is -2.33. The third-order valence-corrected chi connectivity index (χ3v) is 2.55. The van der Waals surface area contributed by atoms with Gasteiger partial charge in [-0.2, -0.15) is 0 Å². The predicted octanol–water partition coefficient (Wildman–Crippen LogP) is 2.07. The first kappa shape index (κ1) is 9.06. The van der Waals surface area contributed by atoms with Gasteiger partial charge >= 0.3 is 0 Å². The van der Waals surface area contributed by atoms with E-state index in [0.717, 1.165) is 11.4 Å². The number of hydrogen-bond acceptors (Lipinski definition) is 3. The van der Waals surface area contributed by atoms with E-state index in [1.807, 2.05) is 19.1 Å². The lowest BCUT2D eigenvalue weighted by atomic mass is 10.1. The molecule has 0 saturated heterocycles. The molecule has 0 fully saturated rings. The van der Waals surface area contributed by atoms with Gasteiger partial charge in [0.1, 0.15) is 17.3 Å². The highest BCUT2D eigenvalue weighted by atomic mass is 16.5. The minimum Gasteiger partial charge on any atom is -0.481 e. The van der Waals surface area contributed by atoms with Crippen LogP contribution in [-0.4, -0.2) is 11.9 Å². The second-order valence-electron chi connectivity index (χ2n) is 3.70.